The lowest BCUT2D eigenvalue weighted by Gasteiger charge is -2.20. The van der Waals surface area contributed by atoms with Crippen LogP contribution < -0.4 is 4.72 Å². The lowest BCUT2D eigenvalue weighted by Crippen LogP contribution is -2.33. The Morgan fingerprint density at radius 2 is 2.05 bits per heavy atom. The van der Waals surface area contributed by atoms with Crippen molar-refractivity contribution in [1.82, 2.24) is 9.62 Å². The maximum atomic E-state index is 12.3. The topological polar surface area (TPSA) is 49.4 Å². The van der Waals surface area contributed by atoms with E-state index in [1.165, 1.54) is 0 Å². The van der Waals surface area contributed by atoms with Gasteiger partial charge < -0.3 is 4.90 Å². The van der Waals surface area contributed by atoms with Gasteiger partial charge in [-0.2, -0.15) is 0 Å². The first-order valence-electron chi connectivity index (χ1n) is 7.19. The number of aryl methyl sites for hydroxylation is 1. The number of likely N-dealkylation sites (tertiary alicyclic amines) is 1. The third-order valence-corrected chi connectivity index (χ3v) is 5.58. The van der Waals surface area contributed by atoms with E-state index in [4.69, 9.17) is 0 Å². The molecule has 0 saturated carbocycles. The van der Waals surface area contributed by atoms with Gasteiger partial charge >= 0.3 is 0 Å². The van der Waals surface area contributed by atoms with E-state index in [9.17, 15) is 8.42 Å². The second kappa shape index (κ2) is 6.24. The average molecular weight is 296 g/mol. The van der Waals surface area contributed by atoms with E-state index in [2.05, 4.69) is 23.5 Å². The molecule has 1 aliphatic heterocycles. The Labute approximate surface area is 122 Å². The number of rotatable bonds is 5. The van der Waals surface area contributed by atoms with Gasteiger partial charge in [0, 0.05) is 19.1 Å². The summed E-state index contributed by atoms with van der Waals surface area (Å²) in [6, 6.07) is 7.63. The van der Waals surface area contributed by atoms with E-state index < -0.39 is 10.0 Å². The summed E-state index contributed by atoms with van der Waals surface area (Å²) < 4.78 is 27.4. The molecule has 1 heterocycles. The van der Waals surface area contributed by atoms with Gasteiger partial charge in [-0.3, -0.25) is 0 Å². The van der Waals surface area contributed by atoms with Crippen LogP contribution in [0.2, 0.25) is 0 Å². The molecule has 1 aliphatic rings. The van der Waals surface area contributed by atoms with Crippen molar-refractivity contribution in [2.75, 3.05) is 19.6 Å². The van der Waals surface area contributed by atoms with Gasteiger partial charge in [-0.05, 0) is 51.3 Å². The summed E-state index contributed by atoms with van der Waals surface area (Å²) in [5, 5.41) is 0. The van der Waals surface area contributed by atoms with Crippen molar-refractivity contribution in [3.8, 4) is 0 Å². The monoisotopic (exact) mass is 296 g/mol. The van der Waals surface area contributed by atoms with Crippen LogP contribution >= 0.6 is 0 Å². The second-order valence-corrected chi connectivity index (χ2v) is 7.60. The number of hydrogen-bond donors (Lipinski definition) is 1. The highest BCUT2D eigenvalue weighted by atomic mass is 32.2. The molecule has 4 nitrogen and oxygen atoms in total. The maximum absolute atomic E-state index is 12.3. The van der Waals surface area contributed by atoms with Crippen molar-refractivity contribution in [2.45, 2.75) is 38.1 Å². The smallest absolute Gasteiger partial charge is 0.240 e. The molecule has 0 aliphatic carbocycles. The number of nitrogens with one attached hydrogen (secondary N) is 1. The molecule has 0 amide bonds. The number of nitrogens with zero attached hydrogens (tertiary/aromatic N) is 1. The number of benzene rings is 1. The number of sulfonamides is 1. The molecule has 20 heavy (non-hydrogen) atoms. The molecule has 5 heteroatoms. The van der Waals surface area contributed by atoms with Crippen LogP contribution in [-0.2, 0) is 10.0 Å². The summed E-state index contributed by atoms with van der Waals surface area (Å²) in [4.78, 5) is 2.78. The first-order valence-corrected chi connectivity index (χ1v) is 8.68. The van der Waals surface area contributed by atoms with E-state index in [-0.39, 0.29) is 0 Å². The molecule has 112 valence electrons. The third kappa shape index (κ3) is 3.59. The first-order chi connectivity index (χ1) is 9.40. The van der Waals surface area contributed by atoms with Crippen molar-refractivity contribution in [3.05, 3.63) is 29.8 Å². The van der Waals surface area contributed by atoms with Gasteiger partial charge in [0.05, 0.1) is 4.90 Å². The van der Waals surface area contributed by atoms with Crippen molar-refractivity contribution in [3.63, 3.8) is 0 Å². The molecule has 1 fully saturated rings. The highest BCUT2D eigenvalue weighted by Gasteiger charge is 2.26. The van der Waals surface area contributed by atoms with Gasteiger partial charge in [0.1, 0.15) is 0 Å². The van der Waals surface area contributed by atoms with E-state index in [0.29, 0.717) is 23.4 Å². The summed E-state index contributed by atoms with van der Waals surface area (Å²) in [6.45, 7) is 8.76. The maximum Gasteiger partial charge on any atom is 0.240 e. The van der Waals surface area contributed by atoms with Gasteiger partial charge in [-0.25, -0.2) is 13.1 Å². The molecule has 1 aromatic carbocycles. The molecule has 0 bridgehead atoms. The molecule has 0 spiro atoms. The third-order valence-electron chi connectivity index (χ3n) is 3.99. The Kier molecular flexibility index (Phi) is 4.83. The summed E-state index contributed by atoms with van der Waals surface area (Å²) in [5.41, 5.74) is 0.787. The zero-order valence-electron chi connectivity index (χ0n) is 12.5. The molecule has 1 N–H and O–H groups in total. The van der Waals surface area contributed by atoms with Crippen molar-refractivity contribution in [2.24, 2.45) is 5.92 Å². The minimum atomic E-state index is -3.38. The van der Waals surface area contributed by atoms with Crippen LogP contribution in [0, 0.1) is 12.8 Å². The molecule has 1 atom stereocenters. The van der Waals surface area contributed by atoms with Gasteiger partial charge in [0.25, 0.3) is 0 Å². The SMILES string of the molecule is Cc1ccccc1S(=O)(=O)NCC1CCN(C(C)C)C1. The Morgan fingerprint density at radius 3 is 2.65 bits per heavy atom. The van der Waals surface area contributed by atoms with Gasteiger partial charge in [-0.1, -0.05) is 18.2 Å². The molecule has 2 rings (SSSR count). The van der Waals surface area contributed by atoms with Gasteiger partial charge in [0.15, 0.2) is 0 Å². The van der Waals surface area contributed by atoms with Crippen LogP contribution in [0.5, 0.6) is 0 Å². The predicted octanol–water partition coefficient (Wildman–Crippen LogP) is 2.00. The lowest BCUT2D eigenvalue weighted by atomic mass is 10.1. The van der Waals surface area contributed by atoms with E-state index in [1.807, 2.05) is 19.1 Å². The molecule has 1 aromatic rings. The fraction of sp³-hybridized carbons (Fsp3) is 0.600. The first kappa shape index (κ1) is 15.5. The van der Waals surface area contributed by atoms with Crippen molar-refractivity contribution in [1.29, 1.82) is 0 Å². The average Bonchev–Trinajstić information content (AvgIpc) is 2.86. The summed E-state index contributed by atoms with van der Waals surface area (Å²) >= 11 is 0. The molecular weight excluding hydrogens is 272 g/mol. The van der Waals surface area contributed by atoms with E-state index in [0.717, 1.165) is 25.1 Å². The Balaban J connectivity index is 1.96. The fourth-order valence-corrected chi connectivity index (χ4v) is 4.02. The van der Waals surface area contributed by atoms with Gasteiger partial charge in [0.2, 0.25) is 10.0 Å². The minimum absolute atomic E-state index is 0.388. The zero-order valence-corrected chi connectivity index (χ0v) is 13.3. The van der Waals surface area contributed by atoms with Crippen LogP contribution in [-0.4, -0.2) is 39.0 Å². The summed E-state index contributed by atoms with van der Waals surface area (Å²) in [5.74, 6) is 0.413. The van der Waals surface area contributed by atoms with Crippen molar-refractivity contribution < 1.29 is 8.42 Å². The van der Waals surface area contributed by atoms with Crippen molar-refractivity contribution >= 4 is 10.0 Å². The van der Waals surface area contributed by atoms with Crippen LogP contribution in [0.4, 0.5) is 0 Å². The molecular formula is C15H24N2O2S. The highest BCUT2D eigenvalue weighted by Crippen LogP contribution is 2.19. The minimum Gasteiger partial charge on any atom is -0.301 e. The molecule has 0 radical (unpaired) electrons. The summed E-state index contributed by atoms with van der Waals surface area (Å²) in [6.07, 6.45) is 1.06. The Bertz CT molecular complexity index is 555. The van der Waals surface area contributed by atoms with Crippen LogP contribution in [0.3, 0.4) is 0 Å². The molecule has 1 unspecified atom stereocenters. The lowest BCUT2D eigenvalue weighted by molar-refractivity contribution is 0.265. The predicted molar refractivity (Wildman–Crippen MR) is 81.2 cm³/mol. The summed E-state index contributed by atoms with van der Waals surface area (Å²) in [7, 11) is -3.38. The Hall–Kier alpha value is -0.910. The fourth-order valence-electron chi connectivity index (χ4n) is 2.66. The largest absolute Gasteiger partial charge is 0.301 e. The van der Waals surface area contributed by atoms with Crippen LogP contribution in [0.15, 0.2) is 29.2 Å². The van der Waals surface area contributed by atoms with E-state index in [1.54, 1.807) is 12.1 Å². The quantitative estimate of drug-likeness (QED) is 0.904. The van der Waals surface area contributed by atoms with Crippen LogP contribution in [0.1, 0.15) is 25.8 Å². The molecule has 1 saturated heterocycles. The second-order valence-electron chi connectivity index (χ2n) is 5.86. The highest BCUT2D eigenvalue weighted by molar-refractivity contribution is 7.89. The molecule has 0 aromatic heterocycles. The Morgan fingerprint density at radius 1 is 1.35 bits per heavy atom. The van der Waals surface area contributed by atoms with Gasteiger partial charge in [-0.15, -0.1) is 0 Å². The number of hydrogen-bond acceptors (Lipinski definition) is 3. The standard InChI is InChI=1S/C15H24N2O2S/c1-12(2)17-9-8-14(11-17)10-16-20(18,19)15-7-5-4-6-13(15)3/h4-7,12,14,16H,8-11H2,1-3H3. The normalized spacial score (nSPS) is 20.7. The van der Waals surface area contributed by atoms with E-state index >= 15 is 0 Å². The zero-order chi connectivity index (χ0) is 14.8. The van der Waals surface area contributed by atoms with Crippen LogP contribution in [0.25, 0.3) is 0 Å².